The van der Waals surface area contributed by atoms with Gasteiger partial charge in [0.2, 0.25) is 0 Å². The number of aliphatic hydroxyl groups is 9. The van der Waals surface area contributed by atoms with Crippen LogP contribution in [0.4, 0.5) is 0 Å². The molecule has 27 heavy (non-hydrogen) atoms. The predicted octanol–water partition coefficient (Wildman–Crippen LogP) is -6.47. The lowest BCUT2D eigenvalue weighted by Crippen LogP contribution is -2.76. The van der Waals surface area contributed by atoms with Crippen molar-refractivity contribution in [2.24, 2.45) is 0 Å². The van der Waals surface area contributed by atoms with Gasteiger partial charge in [-0.2, -0.15) is 0 Å². The minimum atomic E-state index is -2.81. The van der Waals surface area contributed by atoms with E-state index in [0.29, 0.717) is 0 Å². The van der Waals surface area contributed by atoms with Crippen LogP contribution in [0.1, 0.15) is 0 Å². The Bertz CT molecular complexity index is 513. The van der Waals surface area contributed by atoms with Crippen LogP contribution >= 0.6 is 0 Å². The van der Waals surface area contributed by atoms with Crippen LogP contribution in [0.2, 0.25) is 0 Å². The van der Waals surface area contributed by atoms with Gasteiger partial charge >= 0.3 is 5.97 Å². The number of rotatable bonds is 5. The van der Waals surface area contributed by atoms with Crippen LogP contribution < -0.4 is 0 Å². The van der Waals surface area contributed by atoms with Crippen molar-refractivity contribution in [2.75, 3.05) is 19.8 Å². The van der Waals surface area contributed by atoms with Gasteiger partial charge in [-0.15, -0.1) is 0 Å². The second-order valence-electron chi connectivity index (χ2n) is 6.37. The number of carbonyl (C=O) groups excluding carboxylic acids is 1. The van der Waals surface area contributed by atoms with E-state index in [1.165, 1.54) is 0 Å². The van der Waals surface area contributed by atoms with Gasteiger partial charge in [0.15, 0.2) is 12.2 Å². The fourth-order valence-corrected chi connectivity index (χ4v) is 3.19. The molecular weight excluding hydrogens is 376 g/mol. The van der Waals surface area contributed by atoms with Crippen LogP contribution in [-0.2, 0) is 19.0 Å². The molecular formula is C14H24O13. The van der Waals surface area contributed by atoms with E-state index in [-0.39, 0.29) is 0 Å². The van der Waals surface area contributed by atoms with Gasteiger partial charge in [-0.3, -0.25) is 0 Å². The van der Waals surface area contributed by atoms with Crippen LogP contribution in [-0.4, -0.2) is 132 Å². The number of hydrogen-bond acceptors (Lipinski definition) is 13. The Hall–Kier alpha value is -0.970. The van der Waals surface area contributed by atoms with Crippen LogP contribution in [0.3, 0.4) is 0 Å². The molecule has 0 aromatic rings. The van der Waals surface area contributed by atoms with Crippen LogP contribution in [0, 0.1) is 0 Å². The van der Waals surface area contributed by atoms with E-state index in [1.807, 2.05) is 0 Å². The number of ether oxygens (including phenoxy) is 3. The quantitative estimate of drug-likeness (QED) is 0.196. The lowest BCUT2D eigenvalue weighted by atomic mass is 9.83. The molecule has 2 fully saturated rings. The maximum Gasteiger partial charge on any atom is 0.334 e. The molecule has 158 valence electrons. The zero-order valence-corrected chi connectivity index (χ0v) is 14.0. The van der Waals surface area contributed by atoms with E-state index in [0.717, 1.165) is 0 Å². The predicted molar refractivity (Wildman–Crippen MR) is 79.7 cm³/mol. The zero-order valence-electron chi connectivity index (χ0n) is 14.0. The summed E-state index contributed by atoms with van der Waals surface area (Å²) in [4.78, 5) is 11.7. The van der Waals surface area contributed by atoms with E-state index in [4.69, 9.17) is 19.3 Å². The van der Waals surface area contributed by atoms with Gasteiger partial charge in [-0.05, 0) is 0 Å². The molecule has 0 amide bonds. The molecule has 2 unspecified atom stereocenters. The number of esters is 1. The first-order valence-corrected chi connectivity index (χ1v) is 8.10. The lowest BCUT2D eigenvalue weighted by Gasteiger charge is -2.53. The van der Waals surface area contributed by atoms with E-state index in [1.54, 1.807) is 0 Å². The highest BCUT2D eigenvalue weighted by atomic mass is 16.8. The summed E-state index contributed by atoms with van der Waals surface area (Å²) in [5, 5.41) is 88.1. The topological polar surface area (TPSA) is 227 Å². The lowest BCUT2D eigenvalue weighted by molar-refractivity contribution is -0.406. The summed E-state index contributed by atoms with van der Waals surface area (Å²) >= 11 is 0. The molecule has 0 aromatic heterocycles. The molecule has 0 aromatic carbocycles. The Morgan fingerprint density at radius 3 is 1.89 bits per heavy atom. The molecule has 2 aliphatic rings. The molecule has 10 atom stereocenters. The Morgan fingerprint density at radius 2 is 1.37 bits per heavy atom. The third-order valence-corrected chi connectivity index (χ3v) is 4.67. The second kappa shape index (κ2) is 8.59. The summed E-state index contributed by atoms with van der Waals surface area (Å²) in [6.07, 6.45) is -17.0. The maximum atomic E-state index is 11.7. The zero-order chi connectivity index (χ0) is 20.5. The molecule has 0 radical (unpaired) electrons. The summed E-state index contributed by atoms with van der Waals surface area (Å²) in [5.41, 5.74) is 0. The van der Waals surface area contributed by atoms with Crippen molar-refractivity contribution in [3.63, 3.8) is 0 Å². The normalized spacial score (nSPS) is 48.3. The van der Waals surface area contributed by atoms with E-state index >= 15 is 0 Å². The van der Waals surface area contributed by atoms with Crippen molar-refractivity contribution >= 4 is 5.97 Å². The number of hydrogen-bond donors (Lipinski definition) is 9. The minimum absolute atomic E-state index is 0.851. The van der Waals surface area contributed by atoms with Gasteiger partial charge in [-0.25, -0.2) is 4.79 Å². The smallest absolute Gasteiger partial charge is 0.334 e. The Balaban J connectivity index is 2.51. The highest BCUT2D eigenvalue weighted by Crippen LogP contribution is 2.40. The Kier molecular flexibility index (Phi) is 7.10. The molecule has 2 saturated heterocycles. The van der Waals surface area contributed by atoms with E-state index in [9.17, 15) is 45.6 Å². The number of aliphatic hydroxyl groups excluding tert-OH is 9. The summed E-state index contributed by atoms with van der Waals surface area (Å²) in [6, 6.07) is 0. The van der Waals surface area contributed by atoms with Crippen molar-refractivity contribution in [1.29, 1.82) is 0 Å². The van der Waals surface area contributed by atoms with E-state index < -0.39 is 86.5 Å². The molecule has 0 aliphatic carbocycles. The summed E-state index contributed by atoms with van der Waals surface area (Å²) in [5.74, 6) is -4.20. The van der Waals surface area contributed by atoms with Crippen molar-refractivity contribution in [1.82, 2.24) is 0 Å². The van der Waals surface area contributed by atoms with Crippen molar-refractivity contribution in [3.8, 4) is 0 Å². The molecule has 2 rings (SSSR count). The van der Waals surface area contributed by atoms with Crippen LogP contribution in [0.5, 0.6) is 0 Å². The molecule has 2 aliphatic heterocycles. The molecule has 13 heteroatoms. The van der Waals surface area contributed by atoms with Gasteiger partial charge in [0.05, 0.1) is 13.2 Å². The third kappa shape index (κ3) is 3.81. The third-order valence-electron chi connectivity index (χ3n) is 4.67. The molecule has 0 saturated carbocycles. The van der Waals surface area contributed by atoms with Gasteiger partial charge in [0.25, 0.3) is 5.79 Å². The molecule has 0 bridgehead atoms. The highest BCUT2D eigenvalue weighted by Gasteiger charge is 2.65. The Labute approximate surface area is 152 Å². The molecule has 0 spiro atoms. The minimum Gasteiger partial charge on any atom is -0.425 e. The standard InChI is InChI=1S/C14H24O13/c15-1-4-7(19)9(21)11(23)13(25-4)14(27-6(18)3-17)12(24)10(22)8(20)5(2-16)26-14/h4-5,7-13,15-17,19-24H,1-3H2/t4-,5-,7+,8-,9+,10+,11-,12+,13?,14?/m1/s1. The summed E-state index contributed by atoms with van der Waals surface area (Å²) < 4.78 is 15.4. The molecule has 2 heterocycles. The molecule has 9 N–H and O–H groups in total. The first-order chi connectivity index (χ1) is 12.6. The van der Waals surface area contributed by atoms with Crippen molar-refractivity contribution < 1.29 is 65.0 Å². The average Bonchev–Trinajstić information content (AvgIpc) is 2.66. The maximum absolute atomic E-state index is 11.7. The molecule has 13 nitrogen and oxygen atoms in total. The fourth-order valence-electron chi connectivity index (χ4n) is 3.19. The second-order valence-corrected chi connectivity index (χ2v) is 6.37. The highest BCUT2D eigenvalue weighted by molar-refractivity contribution is 5.71. The van der Waals surface area contributed by atoms with Gasteiger partial charge < -0.3 is 60.2 Å². The first kappa shape index (κ1) is 22.3. The average molecular weight is 400 g/mol. The van der Waals surface area contributed by atoms with Crippen LogP contribution in [0.15, 0.2) is 0 Å². The monoisotopic (exact) mass is 400 g/mol. The van der Waals surface area contributed by atoms with E-state index in [2.05, 4.69) is 0 Å². The fraction of sp³-hybridized carbons (Fsp3) is 0.929. The summed E-state index contributed by atoms with van der Waals surface area (Å²) in [6.45, 7) is -2.98. The Morgan fingerprint density at radius 1 is 0.815 bits per heavy atom. The van der Waals surface area contributed by atoms with Gasteiger partial charge in [-0.1, -0.05) is 0 Å². The first-order valence-electron chi connectivity index (χ1n) is 8.10. The van der Waals surface area contributed by atoms with Crippen molar-refractivity contribution in [3.05, 3.63) is 0 Å². The SMILES string of the molecule is O=C(CO)OC1(C2O[C@H](CO)[C@H](O)[C@H](O)[C@H]2O)O[C@H](CO)[C@@H](O)[C@H](O)[C@@H]1O. The largest absolute Gasteiger partial charge is 0.425 e. The summed E-state index contributed by atoms with van der Waals surface area (Å²) in [7, 11) is 0. The van der Waals surface area contributed by atoms with Gasteiger partial charge in [0, 0.05) is 0 Å². The van der Waals surface area contributed by atoms with Gasteiger partial charge in [0.1, 0.15) is 49.3 Å². The van der Waals surface area contributed by atoms with Crippen LogP contribution in [0.25, 0.3) is 0 Å². The number of carbonyl (C=O) groups is 1. The van der Waals surface area contributed by atoms with Crippen molar-refractivity contribution in [2.45, 2.75) is 60.7 Å².